The topological polar surface area (TPSA) is 60.8 Å². The minimum Gasteiger partial charge on any atom is -0.465 e. The lowest BCUT2D eigenvalue weighted by atomic mass is 9.83. The zero-order valence-electron chi connectivity index (χ0n) is 33.0. The van der Waals surface area contributed by atoms with Crippen LogP contribution in [-0.2, 0) is 9.47 Å². The number of carbonyl (C=O) groups is 2. The lowest BCUT2D eigenvalue weighted by Crippen LogP contribution is -2.10. The Morgan fingerprint density at radius 3 is 1.47 bits per heavy atom. The molecule has 10 rings (SSSR count). The van der Waals surface area contributed by atoms with Gasteiger partial charge in [0.1, 0.15) is 0 Å². The van der Waals surface area contributed by atoms with Crippen molar-refractivity contribution in [1.29, 1.82) is 0 Å². The van der Waals surface area contributed by atoms with E-state index >= 15 is 0 Å². The number of ether oxygens (including phenoxy) is 2. The molecule has 0 bridgehead atoms. The Bertz CT molecular complexity index is 3280. The molecule has 0 radical (unpaired) electrons. The number of para-hydroxylation sites is 3. The Balaban J connectivity index is 1.30. The first-order chi connectivity index (χ1) is 29.6. The van der Waals surface area contributed by atoms with Crippen LogP contribution in [0, 0.1) is 0 Å². The van der Waals surface area contributed by atoms with Crippen molar-refractivity contribution in [3.05, 3.63) is 205 Å². The van der Waals surface area contributed by atoms with E-state index in [1.165, 1.54) is 14.2 Å². The van der Waals surface area contributed by atoms with Crippen LogP contribution < -0.4 is 4.90 Å². The third-order valence-electron chi connectivity index (χ3n) is 11.4. The molecule has 0 fully saturated rings. The minimum atomic E-state index is -0.423. The molecule has 1 heterocycles. The highest BCUT2D eigenvalue weighted by molar-refractivity contribution is 6.24. The lowest BCUT2D eigenvalue weighted by molar-refractivity contribution is 0.0592. The SMILES string of the molecule is COC(=O)c1ccccc1-c1c2ccccc2c(-c2ccccc2C(=O)OC)c2cc(N(c3ccccc3)c3ccc4c(c3)c3ccccc3n4-c3ccccc3)ccc12. The predicted molar refractivity (Wildman–Crippen MR) is 244 cm³/mol. The third-order valence-corrected chi connectivity index (χ3v) is 11.4. The first-order valence-electron chi connectivity index (χ1n) is 19.8. The van der Waals surface area contributed by atoms with Crippen molar-refractivity contribution in [2.45, 2.75) is 0 Å². The van der Waals surface area contributed by atoms with Gasteiger partial charge in [0.15, 0.2) is 0 Å². The summed E-state index contributed by atoms with van der Waals surface area (Å²) in [4.78, 5) is 29.1. The van der Waals surface area contributed by atoms with E-state index in [0.717, 1.165) is 88.4 Å². The first kappa shape index (κ1) is 36.4. The van der Waals surface area contributed by atoms with Crippen molar-refractivity contribution < 1.29 is 19.1 Å². The normalized spacial score (nSPS) is 11.3. The zero-order chi connectivity index (χ0) is 40.7. The highest BCUT2D eigenvalue weighted by Gasteiger charge is 2.25. The molecule has 0 spiro atoms. The maximum Gasteiger partial charge on any atom is 0.338 e. The van der Waals surface area contributed by atoms with Crippen LogP contribution in [-0.4, -0.2) is 30.7 Å². The number of fused-ring (bicyclic) bond motifs is 5. The Labute approximate surface area is 347 Å². The van der Waals surface area contributed by atoms with Crippen molar-refractivity contribution in [2.24, 2.45) is 0 Å². The van der Waals surface area contributed by atoms with Crippen LogP contribution in [0.1, 0.15) is 20.7 Å². The van der Waals surface area contributed by atoms with Crippen LogP contribution in [0.15, 0.2) is 194 Å². The number of hydrogen-bond acceptors (Lipinski definition) is 5. The number of esters is 2. The fraction of sp³-hybridized carbons (Fsp3) is 0.0370. The molecule has 288 valence electrons. The number of methoxy groups -OCH3 is 2. The summed E-state index contributed by atoms with van der Waals surface area (Å²) in [5.41, 5.74) is 10.4. The van der Waals surface area contributed by atoms with Gasteiger partial charge in [-0.2, -0.15) is 0 Å². The van der Waals surface area contributed by atoms with Gasteiger partial charge < -0.3 is 18.9 Å². The number of rotatable bonds is 8. The van der Waals surface area contributed by atoms with Crippen LogP contribution in [0.3, 0.4) is 0 Å². The van der Waals surface area contributed by atoms with Gasteiger partial charge in [0.25, 0.3) is 0 Å². The Kier molecular flexibility index (Phi) is 9.15. The van der Waals surface area contributed by atoms with E-state index < -0.39 is 11.9 Å². The van der Waals surface area contributed by atoms with Gasteiger partial charge in [-0.25, -0.2) is 9.59 Å². The van der Waals surface area contributed by atoms with Crippen LogP contribution >= 0.6 is 0 Å². The second-order valence-electron chi connectivity index (χ2n) is 14.7. The number of nitrogens with zero attached hydrogens (tertiary/aromatic N) is 2. The summed E-state index contributed by atoms with van der Waals surface area (Å²) in [7, 11) is 2.81. The molecular formula is C54H38N2O4. The van der Waals surface area contributed by atoms with Gasteiger partial charge in [0.2, 0.25) is 0 Å². The van der Waals surface area contributed by atoms with Crippen molar-refractivity contribution in [3.63, 3.8) is 0 Å². The van der Waals surface area contributed by atoms with E-state index in [4.69, 9.17) is 9.47 Å². The lowest BCUT2D eigenvalue weighted by Gasteiger charge is -2.27. The van der Waals surface area contributed by atoms with Crippen molar-refractivity contribution in [2.75, 3.05) is 19.1 Å². The second-order valence-corrected chi connectivity index (χ2v) is 14.7. The number of benzene rings is 9. The van der Waals surface area contributed by atoms with Crippen molar-refractivity contribution in [1.82, 2.24) is 4.57 Å². The fourth-order valence-electron chi connectivity index (χ4n) is 8.84. The standard InChI is InChI=1S/C54H38N2O4/c1-59-53(57)45-26-13-11-24-42(45)51-40-22-9-10-23-41(40)52(43-25-12-14-27-46(43)54(58)60-2)48-34-37(29-31-44(48)51)55(35-17-5-3-6-18-35)38-30-32-50-47(33-38)39-21-15-16-28-49(39)56(50)36-19-7-4-8-20-36/h3-34H,1-2H3. The van der Waals surface area contributed by atoms with Crippen LogP contribution in [0.25, 0.3) is 71.3 Å². The number of carbonyl (C=O) groups excluding carboxylic acids is 2. The molecule has 0 aliphatic heterocycles. The van der Waals surface area contributed by atoms with Crippen LogP contribution in [0.2, 0.25) is 0 Å². The van der Waals surface area contributed by atoms with E-state index in [1.54, 1.807) is 6.07 Å². The van der Waals surface area contributed by atoms with Gasteiger partial charge in [-0.3, -0.25) is 0 Å². The first-order valence-corrected chi connectivity index (χ1v) is 19.8. The van der Waals surface area contributed by atoms with E-state index in [0.29, 0.717) is 11.1 Å². The van der Waals surface area contributed by atoms with E-state index in [-0.39, 0.29) is 0 Å². The van der Waals surface area contributed by atoms with E-state index in [9.17, 15) is 9.59 Å². The fourth-order valence-corrected chi connectivity index (χ4v) is 8.84. The third kappa shape index (κ3) is 5.96. The van der Waals surface area contributed by atoms with Gasteiger partial charge >= 0.3 is 11.9 Å². The van der Waals surface area contributed by atoms with Crippen LogP contribution in [0.4, 0.5) is 17.1 Å². The smallest absolute Gasteiger partial charge is 0.338 e. The second kappa shape index (κ2) is 15.1. The Morgan fingerprint density at radius 2 is 0.850 bits per heavy atom. The molecule has 0 aliphatic carbocycles. The molecule has 0 amide bonds. The van der Waals surface area contributed by atoms with Gasteiger partial charge in [-0.05, 0) is 117 Å². The summed E-state index contributed by atoms with van der Waals surface area (Å²) >= 11 is 0. The molecule has 6 nitrogen and oxygen atoms in total. The molecule has 0 N–H and O–H groups in total. The Hall–Kier alpha value is -7.96. The summed E-state index contributed by atoms with van der Waals surface area (Å²) in [5, 5.41) is 5.97. The van der Waals surface area contributed by atoms with Crippen molar-refractivity contribution >= 4 is 72.4 Å². The maximum absolute atomic E-state index is 13.5. The van der Waals surface area contributed by atoms with Crippen molar-refractivity contribution in [3.8, 4) is 27.9 Å². The van der Waals surface area contributed by atoms with Gasteiger partial charge in [-0.1, -0.05) is 121 Å². The monoisotopic (exact) mass is 778 g/mol. The summed E-state index contributed by atoms with van der Waals surface area (Å²) in [5.74, 6) is -0.841. The number of hydrogen-bond donors (Lipinski definition) is 0. The average molecular weight is 779 g/mol. The molecule has 0 unspecified atom stereocenters. The summed E-state index contributed by atoms with van der Waals surface area (Å²) in [6.07, 6.45) is 0. The maximum atomic E-state index is 13.5. The van der Waals surface area contributed by atoms with E-state index in [2.05, 4.69) is 131 Å². The number of anilines is 3. The van der Waals surface area contributed by atoms with Gasteiger partial charge in [-0.15, -0.1) is 0 Å². The molecule has 6 heteroatoms. The zero-order valence-corrected chi connectivity index (χ0v) is 33.0. The molecule has 9 aromatic carbocycles. The van der Waals surface area contributed by atoms with Crippen LogP contribution in [0.5, 0.6) is 0 Å². The molecule has 1 aromatic heterocycles. The van der Waals surface area contributed by atoms with Gasteiger partial charge in [0.05, 0.1) is 36.4 Å². The molecule has 0 saturated carbocycles. The van der Waals surface area contributed by atoms with Gasteiger partial charge in [0, 0.05) is 33.5 Å². The molecule has 60 heavy (non-hydrogen) atoms. The Morgan fingerprint density at radius 1 is 0.400 bits per heavy atom. The largest absolute Gasteiger partial charge is 0.465 e. The molecule has 0 saturated heterocycles. The number of aromatic nitrogens is 1. The summed E-state index contributed by atoms with van der Waals surface area (Å²) in [6, 6.07) is 65.9. The highest BCUT2D eigenvalue weighted by atomic mass is 16.5. The quantitative estimate of drug-likeness (QED) is 0.114. The molecule has 0 atom stereocenters. The average Bonchev–Trinajstić information content (AvgIpc) is 3.64. The summed E-state index contributed by atoms with van der Waals surface area (Å²) < 4.78 is 13.0. The molecular weight excluding hydrogens is 741 g/mol. The van der Waals surface area contributed by atoms with E-state index in [1.807, 2.05) is 66.7 Å². The molecule has 0 aliphatic rings. The molecule has 10 aromatic rings. The minimum absolute atomic E-state index is 0.418. The highest BCUT2D eigenvalue weighted by Crippen LogP contribution is 2.48. The predicted octanol–water partition coefficient (Wildman–Crippen LogP) is 13.5. The summed E-state index contributed by atoms with van der Waals surface area (Å²) in [6.45, 7) is 0.